The zero-order valence-electron chi connectivity index (χ0n) is 22.8. The number of ketones is 1. The number of likely N-dealkylation sites (N-methyl/N-ethyl adjacent to an activating group) is 2. The molecule has 0 fully saturated rings. The maximum absolute atomic E-state index is 13.5. The average molecular weight is 581 g/mol. The van der Waals surface area contributed by atoms with Gasteiger partial charge < -0.3 is 20.3 Å². The first-order valence-corrected chi connectivity index (χ1v) is 13.0. The largest absolute Gasteiger partial charge is 0.495 e. The molecule has 11 heteroatoms. The number of carbonyl (C=O) groups excluding carboxylic acids is 3. The molecule has 0 unspecified atom stereocenters. The second-order valence-corrected chi connectivity index (χ2v) is 9.53. The van der Waals surface area contributed by atoms with Crippen molar-refractivity contribution in [3.05, 3.63) is 58.7 Å². The van der Waals surface area contributed by atoms with Crippen molar-refractivity contribution in [1.29, 1.82) is 0 Å². The van der Waals surface area contributed by atoms with E-state index in [-0.39, 0.29) is 55.5 Å². The number of hydrogen-bond acceptors (Lipinski definition) is 7. The number of Topliss-reactive ketones (excluding diaryl/α,β-unsaturated/α-hetero) is 1. The van der Waals surface area contributed by atoms with Gasteiger partial charge in [0.25, 0.3) is 5.91 Å². The monoisotopic (exact) mass is 579 g/mol. The minimum Gasteiger partial charge on any atom is -0.495 e. The Labute approximate surface area is 243 Å². The summed E-state index contributed by atoms with van der Waals surface area (Å²) in [5.74, 6) is 0.281. The van der Waals surface area contributed by atoms with Gasteiger partial charge >= 0.3 is 0 Å². The summed E-state index contributed by atoms with van der Waals surface area (Å²) in [6.07, 6.45) is 2.12. The van der Waals surface area contributed by atoms with Crippen LogP contribution in [0.5, 0.6) is 5.75 Å². The van der Waals surface area contributed by atoms with Crippen molar-refractivity contribution in [1.82, 2.24) is 20.7 Å². The lowest BCUT2D eigenvalue weighted by Crippen LogP contribution is -2.48. The fourth-order valence-electron chi connectivity index (χ4n) is 4.93. The Kier molecular flexibility index (Phi) is 12.5. The van der Waals surface area contributed by atoms with Crippen LogP contribution in [0.3, 0.4) is 0 Å². The van der Waals surface area contributed by atoms with E-state index in [0.717, 1.165) is 24.9 Å². The smallest absolute Gasteiger partial charge is 0.256 e. The van der Waals surface area contributed by atoms with Crippen LogP contribution in [0, 0.1) is 0 Å². The van der Waals surface area contributed by atoms with Crippen LogP contribution >= 0.6 is 24.8 Å². The lowest BCUT2D eigenvalue weighted by molar-refractivity contribution is -0.145. The SMILES string of the molecule is CCNCCNC(=O)CN(CC(=O)N(C)N1Cc2ccccc2C1)c1cc2c(cc1OC)CCCC2=O.Cl.Cl. The summed E-state index contributed by atoms with van der Waals surface area (Å²) in [6.45, 7) is 5.22. The molecule has 0 bridgehead atoms. The Morgan fingerprint density at radius 1 is 1.00 bits per heavy atom. The number of nitrogens with zero attached hydrogens (tertiary/aromatic N) is 3. The maximum atomic E-state index is 13.5. The molecular weight excluding hydrogens is 541 g/mol. The number of anilines is 1. The molecule has 2 aromatic carbocycles. The van der Waals surface area contributed by atoms with Gasteiger partial charge in [-0.3, -0.25) is 19.4 Å². The number of amides is 2. The molecule has 0 radical (unpaired) electrons. The van der Waals surface area contributed by atoms with Crippen molar-refractivity contribution >= 4 is 48.1 Å². The number of nitrogens with one attached hydrogen (secondary N) is 2. The highest BCUT2D eigenvalue weighted by molar-refractivity contribution is 6.00. The van der Waals surface area contributed by atoms with Gasteiger partial charge in [-0.15, -0.1) is 24.8 Å². The van der Waals surface area contributed by atoms with Crippen LogP contribution in [0.1, 0.15) is 46.8 Å². The Hall–Kier alpha value is -2.85. The minimum atomic E-state index is -0.201. The number of aryl methyl sites for hydroxylation is 1. The van der Waals surface area contributed by atoms with E-state index < -0.39 is 0 Å². The highest BCUT2D eigenvalue weighted by Crippen LogP contribution is 2.35. The van der Waals surface area contributed by atoms with Crippen molar-refractivity contribution in [3.8, 4) is 5.75 Å². The lowest BCUT2D eigenvalue weighted by atomic mass is 9.90. The van der Waals surface area contributed by atoms with Crippen LogP contribution in [0.25, 0.3) is 0 Å². The summed E-state index contributed by atoms with van der Waals surface area (Å²) in [5, 5.41) is 9.72. The molecule has 39 heavy (non-hydrogen) atoms. The topological polar surface area (TPSA) is 94.2 Å². The third-order valence-electron chi connectivity index (χ3n) is 7.04. The van der Waals surface area contributed by atoms with E-state index in [9.17, 15) is 14.4 Å². The van der Waals surface area contributed by atoms with Crippen LogP contribution in [0.2, 0.25) is 0 Å². The molecule has 2 aliphatic rings. The Balaban J connectivity index is 0.00000267. The van der Waals surface area contributed by atoms with E-state index in [0.29, 0.717) is 49.6 Å². The summed E-state index contributed by atoms with van der Waals surface area (Å²) < 4.78 is 5.68. The van der Waals surface area contributed by atoms with Gasteiger partial charge in [0.2, 0.25) is 5.91 Å². The molecule has 9 nitrogen and oxygen atoms in total. The number of carbonyl (C=O) groups is 3. The molecule has 0 saturated carbocycles. The van der Waals surface area contributed by atoms with Crippen LogP contribution in [-0.2, 0) is 29.1 Å². The summed E-state index contributed by atoms with van der Waals surface area (Å²) in [7, 11) is 3.33. The van der Waals surface area contributed by atoms with Crippen molar-refractivity contribution < 1.29 is 19.1 Å². The number of halogens is 2. The Morgan fingerprint density at radius 3 is 2.33 bits per heavy atom. The number of hydrogen-bond donors (Lipinski definition) is 2. The first kappa shape index (κ1) is 32.4. The standard InChI is InChI=1S/C28H37N5O4.2ClH/c1-4-29-12-13-30-27(35)18-32(24-15-23-20(14-26(24)37-3)10-7-11-25(23)34)19-28(36)31(2)33-16-21-8-5-6-9-22(21)17-33;;/h5-6,8-9,14-15,29H,4,7,10-13,16-19H2,1-3H3,(H,30,35);2*1H. The number of hydrazine groups is 1. The molecule has 1 aliphatic carbocycles. The number of fused-ring (bicyclic) bond motifs is 2. The van der Waals surface area contributed by atoms with E-state index in [1.807, 2.05) is 30.1 Å². The number of benzene rings is 2. The van der Waals surface area contributed by atoms with Gasteiger partial charge in [-0.2, -0.15) is 0 Å². The van der Waals surface area contributed by atoms with Crippen molar-refractivity contribution in [2.75, 3.05) is 51.8 Å². The predicted molar refractivity (Wildman–Crippen MR) is 157 cm³/mol. The molecule has 214 valence electrons. The van der Waals surface area contributed by atoms with Crippen LogP contribution in [0.4, 0.5) is 5.69 Å². The average Bonchev–Trinajstić information content (AvgIpc) is 3.34. The Morgan fingerprint density at radius 2 is 1.69 bits per heavy atom. The summed E-state index contributed by atoms with van der Waals surface area (Å²) >= 11 is 0. The molecule has 0 atom stereocenters. The van der Waals surface area contributed by atoms with Gasteiger partial charge in [-0.1, -0.05) is 31.2 Å². The van der Waals surface area contributed by atoms with Gasteiger partial charge in [0.05, 0.1) is 25.9 Å². The summed E-state index contributed by atoms with van der Waals surface area (Å²) in [6, 6.07) is 11.8. The predicted octanol–water partition coefficient (Wildman–Crippen LogP) is 2.98. The molecule has 0 aromatic heterocycles. The third-order valence-corrected chi connectivity index (χ3v) is 7.04. The first-order valence-electron chi connectivity index (χ1n) is 13.0. The Bertz CT molecular complexity index is 1140. The highest BCUT2D eigenvalue weighted by atomic mass is 35.5. The van der Waals surface area contributed by atoms with E-state index in [4.69, 9.17) is 4.74 Å². The van der Waals surface area contributed by atoms with E-state index in [1.165, 1.54) is 11.1 Å². The fourth-order valence-corrected chi connectivity index (χ4v) is 4.93. The van der Waals surface area contributed by atoms with E-state index >= 15 is 0 Å². The van der Waals surface area contributed by atoms with Gasteiger partial charge in [0, 0.05) is 45.2 Å². The third kappa shape index (κ3) is 7.85. The molecule has 4 rings (SSSR count). The normalized spacial score (nSPS) is 13.9. The number of methoxy groups -OCH3 is 1. The summed E-state index contributed by atoms with van der Waals surface area (Å²) in [5.41, 5.74) is 4.58. The molecule has 0 saturated heterocycles. The van der Waals surface area contributed by atoms with Crippen molar-refractivity contribution in [2.24, 2.45) is 0 Å². The first-order chi connectivity index (χ1) is 17.9. The zero-order valence-corrected chi connectivity index (χ0v) is 24.5. The lowest BCUT2D eigenvalue weighted by Gasteiger charge is -2.32. The van der Waals surface area contributed by atoms with Crippen molar-refractivity contribution in [3.63, 3.8) is 0 Å². The highest BCUT2D eigenvalue weighted by Gasteiger charge is 2.29. The molecule has 2 N–H and O–H groups in total. The molecular formula is C28H39Cl2N5O4. The van der Waals surface area contributed by atoms with Gasteiger partial charge in [0.1, 0.15) is 5.75 Å². The second-order valence-electron chi connectivity index (χ2n) is 9.53. The fraction of sp³-hybridized carbons (Fsp3) is 0.464. The molecule has 1 aliphatic heterocycles. The molecule has 2 amide bonds. The van der Waals surface area contributed by atoms with Gasteiger partial charge in [-0.05, 0) is 48.2 Å². The summed E-state index contributed by atoms with van der Waals surface area (Å²) in [4.78, 5) is 40.8. The van der Waals surface area contributed by atoms with Crippen LogP contribution < -0.4 is 20.3 Å². The van der Waals surface area contributed by atoms with Crippen molar-refractivity contribution in [2.45, 2.75) is 39.3 Å². The quantitative estimate of drug-likeness (QED) is 0.395. The maximum Gasteiger partial charge on any atom is 0.256 e. The van der Waals surface area contributed by atoms with Crippen LogP contribution in [0.15, 0.2) is 36.4 Å². The number of rotatable bonds is 11. The van der Waals surface area contributed by atoms with Crippen LogP contribution in [-0.4, -0.2) is 74.5 Å². The van der Waals surface area contributed by atoms with Gasteiger partial charge in [0.15, 0.2) is 5.78 Å². The van der Waals surface area contributed by atoms with E-state index in [2.05, 4.69) is 22.8 Å². The van der Waals surface area contributed by atoms with Gasteiger partial charge in [-0.25, -0.2) is 5.01 Å². The van der Waals surface area contributed by atoms with E-state index in [1.54, 1.807) is 30.1 Å². The molecule has 0 spiro atoms. The number of ether oxygens (including phenoxy) is 1. The second kappa shape index (κ2) is 15.1. The molecule has 2 aromatic rings. The zero-order chi connectivity index (χ0) is 26.4. The minimum absolute atomic E-state index is 0. The molecule has 1 heterocycles.